The molecule has 12 heteroatoms. The highest BCUT2D eigenvalue weighted by molar-refractivity contribution is 7.98. The van der Waals surface area contributed by atoms with Crippen molar-refractivity contribution in [3.8, 4) is 11.1 Å². The van der Waals surface area contributed by atoms with Crippen LogP contribution in [0.4, 0.5) is 17.6 Å². The SMILES string of the molecule is CCc1nc(Cn2c(SCc3ccc(F)cc3)nc(=O)c3c2CCC3)n(Cc2ccc(-c3ccc(C(F)(F)F)cc3)cc2)c1CN(C)CCN(C)C. The van der Waals surface area contributed by atoms with E-state index >= 15 is 0 Å². The van der Waals surface area contributed by atoms with Crippen LogP contribution in [0.15, 0.2) is 82.7 Å². The van der Waals surface area contributed by atoms with Gasteiger partial charge in [-0.15, -0.1) is 0 Å². The van der Waals surface area contributed by atoms with Crippen LogP contribution in [0, 0.1) is 5.82 Å². The molecular weight excluding hydrogens is 689 g/mol. The van der Waals surface area contributed by atoms with Gasteiger partial charge in [-0.25, -0.2) is 9.37 Å². The Hall–Kier alpha value is -4.26. The fourth-order valence-electron chi connectivity index (χ4n) is 6.63. The number of nitrogens with zero attached hydrogens (tertiary/aromatic N) is 6. The number of alkyl halides is 3. The molecule has 2 aromatic heterocycles. The van der Waals surface area contributed by atoms with E-state index in [1.807, 2.05) is 24.3 Å². The third-order valence-electron chi connectivity index (χ3n) is 9.54. The molecule has 0 amide bonds. The van der Waals surface area contributed by atoms with Crippen LogP contribution in [0.2, 0.25) is 0 Å². The van der Waals surface area contributed by atoms with Crippen molar-refractivity contribution in [1.82, 2.24) is 28.9 Å². The number of fused-ring (bicyclic) bond motifs is 1. The average Bonchev–Trinajstić information content (AvgIpc) is 3.74. The van der Waals surface area contributed by atoms with Crippen molar-refractivity contribution in [2.45, 2.75) is 69.3 Å². The minimum Gasteiger partial charge on any atom is -0.325 e. The smallest absolute Gasteiger partial charge is 0.325 e. The lowest BCUT2D eigenvalue weighted by Crippen LogP contribution is -2.29. The van der Waals surface area contributed by atoms with E-state index in [0.29, 0.717) is 42.5 Å². The van der Waals surface area contributed by atoms with Crippen LogP contribution < -0.4 is 5.56 Å². The van der Waals surface area contributed by atoms with Gasteiger partial charge in [0.2, 0.25) is 0 Å². The van der Waals surface area contributed by atoms with E-state index in [9.17, 15) is 22.4 Å². The van der Waals surface area contributed by atoms with Gasteiger partial charge in [-0.05, 0) is 93.3 Å². The van der Waals surface area contributed by atoms with Crippen molar-refractivity contribution in [3.05, 3.63) is 134 Å². The van der Waals surface area contributed by atoms with Gasteiger partial charge in [0.1, 0.15) is 11.6 Å². The van der Waals surface area contributed by atoms with E-state index in [-0.39, 0.29) is 11.4 Å². The Balaban J connectivity index is 1.36. The molecule has 0 atom stereocenters. The molecule has 6 rings (SSSR count). The molecule has 5 aromatic rings. The van der Waals surface area contributed by atoms with Gasteiger partial charge in [0.15, 0.2) is 5.16 Å². The van der Waals surface area contributed by atoms with Gasteiger partial charge in [-0.3, -0.25) is 9.69 Å². The van der Waals surface area contributed by atoms with E-state index in [2.05, 4.69) is 52.0 Å². The summed E-state index contributed by atoms with van der Waals surface area (Å²) in [6.07, 6.45) is -1.26. The number of aryl methyl sites for hydroxylation is 1. The highest BCUT2D eigenvalue weighted by Crippen LogP contribution is 2.32. The van der Waals surface area contributed by atoms with Crippen LogP contribution in [0.1, 0.15) is 58.5 Å². The van der Waals surface area contributed by atoms with Crippen molar-refractivity contribution in [3.63, 3.8) is 0 Å². The number of halogens is 4. The first kappa shape index (κ1) is 37.5. The first-order chi connectivity index (χ1) is 24.9. The number of imidazole rings is 1. The van der Waals surface area contributed by atoms with Crippen LogP contribution in [0.3, 0.4) is 0 Å². The molecule has 52 heavy (non-hydrogen) atoms. The lowest BCUT2D eigenvalue weighted by molar-refractivity contribution is -0.137. The molecule has 0 N–H and O–H groups in total. The first-order valence-corrected chi connectivity index (χ1v) is 18.5. The molecular formula is C40H44F4N6OS. The summed E-state index contributed by atoms with van der Waals surface area (Å²) in [4.78, 5) is 27.4. The quantitative estimate of drug-likeness (QED) is 0.0663. The van der Waals surface area contributed by atoms with Crippen molar-refractivity contribution in [1.29, 1.82) is 0 Å². The number of benzene rings is 3. The number of thioether (sulfide) groups is 1. The predicted octanol–water partition coefficient (Wildman–Crippen LogP) is 7.70. The molecule has 0 saturated carbocycles. The Bertz CT molecular complexity index is 2040. The molecule has 0 radical (unpaired) electrons. The van der Waals surface area contributed by atoms with Crippen LogP contribution >= 0.6 is 11.8 Å². The van der Waals surface area contributed by atoms with Crippen molar-refractivity contribution >= 4 is 11.8 Å². The second kappa shape index (κ2) is 16.2. The van der Waals surface area contributed by atoms with Gasteiger partial charge >= 0.3 is 6.18 Å². The Morgan fingerprint density at radius 1 is 0.808 bits per heavy atom. The zero-order valence-electron chi connectivity index (χ0n) is 30.0. The lowest BCUT2D eigenvalue weighted by atomic mass is 10.0. The number of rotatable bonds is 14. The molecule has 0 spiro atoms. The minimum absolute atomic E-state index is 0.181. The maximum absolute atomic E-state index is 13.6. The molecule has 0 bridgehead atoms. The predicted molar refractivity (Wildman–Crippen MR) is 198 cm³/mol. The fourth-order valence-corrected chi connectivity index (χ4v) is 7.60. The van der Waals surface area contributed by atoms with Crippen molar-refractivity contribution in [2.75, 3.05) is 34.2 Å². The Morgan fingerprint density at radius 3 is 2.10 bits per heavy atom. The Morgan fingerprint density at radius 2 is 1.46 bits per heavy atom. The fraction of sp³-hybridized carbons (Fsp3) is 0.375. The highest BCUT2D eigenvalue weighted by atomic mass is 32.2. The summed E-state index contributed by atoms with van der Waals surface area (Å²) in [5.41, 5.74) is 6.56. The summed E-state index contributed by atoms with van der Waals surface area (Å²) in [6, 6.07) is 19.5. The normalized spacial score (nSPS) is 13.0. The summed E-state index contributed by atoms with van der Waals surface area (Å²) < 4.78 is 57.5. The summed E-state index contributed by atoms with van der Waals surface area (Å²) in [5.74, 6) is 1.10. The highest BCUT2D eigenvalue weighted by Gasteiger charge is 2.30. The molecule has 7 nitrogen and oxygen atoms in total. The summed E-state index contributed by atoms with van der Waals surface area (Å²) >= 11 is 1.47. The zero-order valence-corrected chi connectivity index (χ0v) is 30.8. The number of likely N-dealkylation sites (N-methyl/N-ethyl adjacent to an activating group) is 2. The number of aromatic nitrogens is 4. The number of hydrogen-bond acceptors (Lipinski definition) is 6. The number of hydrogen-bond donors (Lipinski definition) is 0. The van der Waals surface area contributed by atoms with Gasteiger partial charge in [0.05, 0.1) is 23.5 Å². The summed E-state index contributed by atoms with van der Waals surface area (Å²) in [6.45, 7) is 5.56. The van der Waals surface area contributed by atoms with E-state index in [1.54, 1.807) is 12.1 Å². The maximum Gasteiger partial charge on any atom is 0.416 e. The zero-order chi connectivity index (χ0) is 37.0. The van der Waals surface area contributed by atoms with Gasteiger partial charge in [0.25, 0.3) is 5.56 Å². The third-order valence-corrected chi connectivity index (χ3v) is 10.6. The standard InChI is InChI=1S/C40H44F4N6OS/c1-5-34-36(24-48(4)22-21-47(2)3)49(23-27-9-13-29(14-10-27)30-15-17-31(18-16-30)40(42,43)44)37(45-34)25-50-35-8-6-7-33(35)38(51)46-39(50)52-26-28-11-19-32(41)20-12-28/h9-20H,5-8,21-26H2,1-4H3. The molecule has 3 aromatic carbocycles. The van der Waals surface area contributed by atoms with Crippen molar-refractivity contribution in [2.24, 2.45) is 0 Å². The average molecular weight is 733 g/mol. The summed E-state index contributed by atoms with van der Waals surface area (Å²) in [5, 5.41) is 0.619. The Kier molecular flexibility index (Phi) is 11.7. The molecule has 1 aliphatic carbocycles. The largest absolute Gasteiger partial charge is 0.416 e. The summed E-state index contributed by atoms with van der Waals surface area (Å²) in [7, 11) is 6.23. The monoisotopic (exact) mass is 732 g/mol. The van der Waals surface area contributed by atoms with E-state index < -0.39 is 11.7 Å². The second-order valence-corrected chi connectivity index (χ2v) is 14.6. The van der Waals surface area contributed by atoms with E-state index in [0.717, 1.165) is 89.6 Å². The van der Waals surface area contributed by atoms with Crippen LogP contribution in [-0.2, 0) is 50.8 Å². The van der Waals surface area contributed by atoms with E-state index in [1.165, 1.54) is 36.0 Å². The molecule has 1 aliphatic rings. The first-order valence-electron chi connectivity index (χ1n) is 17.6. The van der Waals surface area contributed by atoms with Gasteiger partial charge in [0, 0.05) is 43.2 Å². The topological polar surface area (TPSA) is 59.2 Å². The van der Waals surface area contributed by atoms with Crippen LogP contribution in [-0.4, -0.2) is 63.1 Å². The Labute approximate surface area is 306 Å². The van der Waals surface area contributed by atoms with Crippen LogP contribution in [0.5, 0.6) is 0 Å². The van der Waals surface area contributed by atoms with Gasteiger partial charge < -0.3 is 14.0 Å². The van der Waals surface area contributed by atoms with Gasteiger partial charge in [-0.2, -0.15) is 18.2 Å². The maximum atomic E-state index is 13.6. The lowest BCUT2D eigenvalue weighted by Gasteiger charge is -2.22. The molecule has 0 fully saturated rings. The second-order valence-electron chi connectivity index (χ2n) is 13.7. The molecule has 2 heterocycles. The van der Waals surface area contributed by atoms with E-state index in [4.69, 9.17) is 4.98 Å². The molecule has 0 aliphatic heterocycles. The molecule has 0 saturated heterocycles. The molecule has 274 valence electrons. The minimum atomic E-state index is -4.38. The third kappa shape index (κ3) is 8.85. The van der Waals surface area contributed by atoms with Gasteiger partial charge in [-0.1, -0.05) is 67.2 Å². The van der Waals surface area contributed by atoms with Crippen molar-refractivity contribution < 1.29 is 17.6 Å². The van der Waals surface area contributed by atoms with Crippen LogP contribution in [0.25, 0.3) is 11.1 Å². The molecule has 0 unspecified atom stereocenters.